The van der Waals surface area contributed by atoms with Gasteiger partial charge in [0.1, 0.15) is 5.69 Å². The van der Waals surface area contributed by atoms with E-state index in [4.69, 9.17) is 4.52 Å². The van der Waals surface area contributed by atoms with Crippen molar-refractivity contribution in [3.8, 4) is 0 Å². The Labute approximate surface area is 189 Å². The molecule has 124 valence electrons. The molecule has 0 fully saturated rings. The normalized spacial score (nSPS) is 10.0. The molecule has 2 aromatic heterocycles. The third-order valence-corrected chi connectivity index (χ3v) is 2.90. The molecule has 0 spiro atoms. The van der Waals surface area contributed by atoms with E-state index in [2.05, 4.69) is 53.5 Å². The van der Waals surface area contributed by atoms with Crippen LogP contribution < -0.4 is 56.7 Å². The summed E-state index contributed by atoms with van der Waals surface area (Å²) in [6.45, 7) is 6.21. The average Bonchev–Trinajstić information content (AvgIpc) is 3.12. The topological polar surface area (TPSA) is 80.9 Å². The third kappa shape index (κ3) is 7.58. The standard InChI is InChI=1S/C11H8N3O.C7H10NO.K/c15-11(10-8-12-6-7-13-10)14-9-4-2-1-3-5-9;1-7(2,3)6-4-5-8-9-6;/h2-8H,(H,14,15);4H,1-3H3;/q2*-1;+1. The van der Waals surface area contributed by atoms with Crippen molar-refractivity contribution in [2.75, 3.05) is 5.32 Å². The van der Waals surface area contributed by atoms with Crippen molar-refractivity contribution in [1.29, 1.82) is 0 Å². The average molecular weight is 361 g/mol. The van der Waals surface area contributed by atoms with Crippen LogP contribution in [0.1, 0.15) is 37.0 Å². The van der Waals surface area contributed by atoms with E-state index in [1.54, 1.807) is 30.3 Å². The van der Waals surface area contributed by atoms with Crippen LogP contribution in [0, 0.1) is 12.3 Å². The fourth-order valence-corrected chi connectivity index (χ4v) is 1.62. The molecule has 1 aromatic carbocycles. The van der Waals surface area contributed by atoms with Crippen molar-refractivity contribution < 1.29 is 60.7 Å². The van der Waals surface area contributed by atoms with Crippen LogP contribution in [-0.2, 0) is 5.41 Å². The van der Waals surface area contributed by atoms with Crippen LogP contribution >= 0.6 is 0 Å². The van der Waals surface area contributed by atoms with Crippen LogP contribution in [-0.4, -0.2) is 21.0 Å². The second-order valence-corrected chi connectivity index (χ2v) is 5.90. The fraction of sp³-hybridized carbons (Fsp3) is 0.222. The minimum absolute atomic E-state index is 0. The minimum atomic E-state index is -0.269. The van der Waals surface area contributed by atoms with E-state index in [-0.39, 0.29) is 62.7 Å². The zero-order chi connectivity index (χ0) is 17.4. The van der Waals surface area contributed by atoms with Crippen molar-refractivity contribution >= 4 is 11.6 Å². The number of anilines is 1. The van der Waals surface area contributed by atoms with Gasteiger partial charge >= 0.3 is 51.4 Å². The van der Waals surface area contributed by atoms with Gasteiger partial charge < -0.3 is 9.84 Å². The Hall–Kier alpha value is -1.38. The smallest absolute Gasteiger partial charge is 0.470 e. The van der Waals surface area contributed by atoms with E-state index in [0.29, 0.717) is 11.4 Å². The van der Waals surface area contributed by atoms with Crippen LogP contribution in [0.4, 0.5) is 5.69 Å². The summed E-state index contributed by atoms with van der Waals surface area (Å²) in [4.78, 5) is 19.3. The van der Waals surface area contributed by atoms with Crippen molar-refractivity contribution in [3.63, 3.8) is 0 Å². The van der Waals surface area contributed by atoms with Crippen LogP contribution in [0.5, 0.6) is 0 Å². The van der Waals surface area contributed by atoms with E-state index in [0.717, 1.165) is 5.76 Å². The van der Waals surface area contributed by atoms with E-state index >= 15 is 0 Å². The number of carbonyl (C=O) groups is 1. The van der Waals surface area contributed by atoms with Gasteiger partial charge in [0, 0.05) is 12.4 Å². The van der Waals surface area contributed by atoms with Crippen molar-refractivity contribution in [3.05, 3.63) is 72.6 Å². The number of nitrogens with zero attached hydrogens (tertiary/aromatic N) is 3. The number of aromatic nitrogens is 3. The molecular formula is C18H18KN4O2-. The second kappa shape index (κ2) is 10.6. The summed E-state index contributed by atoms with van der Waals surface area (Å²) < 4.78 is 4.89. The molecule has 0 unspecified atom stereocenters. The predicted octanol–water partition coefficient (Wildman–Crippen LogP) is 0.305. The Balaban J connectivity index is 0.000000270. The zero-order valence-corrected chi connectivity index (χ0v) is 17.9. The Morgan fingerprint density at radius 1 is 1.20 bits per heavy atom. The van der Waals surface area contributed by atoms with Gasteiger partial charge in [0.05, 0.1) is 6.20 Å². The molecule has 2 heterocycles. The molecule has 3 rings (SSSR count). The van der Waals surface area contributed by atoms with Gasteiger partial charge in [-0.15, -0.1) is 18.3 Å². The first-order valence-corrected chi connectivity index (χ1v) is 7.33. The Morgan fingerprint density at radius 2 is 1.92 bits per heavy atom. The first-order valence-electron chi connectivity index (χ1n) is 7.33. The molecule has 0 aliphatic carbocycles. The summed E-state index contributed by atoms with van der Waals surface area (Å²) >= 11 is 0. The molecule has 1 amide bonds. The molecule has 0 aliphatic heterocycles. The van der Waals surface area contributed by atoms with Gasteiger partial charge in [-0.3, -0.25) is 9.78 Å². The van der Waals surface area contributed by atoms with Gasteiger partial charge in [-0.05, 0) is 11.2 Å². The summed E-state index contributed by atoms with van der Waals surface area (Å²) in [5, 5.41) is 6.19. The number of benzene rings is 1. The van der Waals surface area contributed by atoms with Gasteiger partial charge in [-0.2, -0.15) is 24.3 Å². The van der Waals surface area contributed by atoms with Gasteiger partial charge in [-0.1, -0.05) is 26.5 Å². The molecule has 1 N–H and O–H groups in total. The molecule has 0 atom stereocenters. The van der Waals surface area contributed by atoms with Crippen molar-refractivity contribution in [1.82, 2.24) is 15.1 Å². The Bertz CT molecular complexity index is 742. The minimum Gasteiger partial charge on any atom is -0.470 e. The first kappa shape index (κ1) is 21.7. The monoisotopic (exact) mass is 361 g/mol. The summed E-state index contributed by atoms with van der Waals surface area (Å²) in [5.74, 6) is 0.608. The van der Waals surface area contributed by atoms with Crippen LogP contribution in [0.15, 0.2) is 53.4 Å². The number of nitrogens with one attached hydrogen (secondary N) is 1. The van der Waals surface area contributed by atoms with Gasteiger partial charge in [0.25, 0.3) is 5.91 Å². The second-order valence-electron chi connectivity index (χ2n) is 5.90. The van der Waals surface area contributed by atoms with Gasteiger partial charge in [-0.25, -0.2) is 10.1 Å². The number of hydrogen-bond donors (Lipinski definition) is 1. The summed E-state index contributed by atoms with van der Waals surface area (Å²) in [7, 11) is 0. The van der Waals surface area contributed by atoms with E-state index < -0.39 is 0 Å². The third-order valence-electron chi connectivity index (χ3n) is 2.90. The maximum atomic E-state index is 11.6. The quantitative estimate of drug-likeness (QED) is 0.525. The molecule has 7 heteroatoms. The largest absolute Gasteiger partial charge is 1.00 e. The molecule has 0 saturated carbocycles. The molecule has 6 nitrogen and oxygen atoms in total. The number of carbonyl (C=O) groups excluding carboxylic acids is 1. The maximum Gasteiger partial charge on any atom is 1.00 e. The fourth-order valence-electron chi connectivity index (χ4n) is 1.62. The summed E-state index contributed by atoms with van der Waals surface area (Å²) in [5.41, 5.74) is 1.07. The van der Waals surface area contributed by atoms with Gasteiger partial charge in [0.2, 0.25) is 0 Å². The molecule has 25 heavy (non-hydrogen) atoms. The summed E-state index contributed by atoms with van der Waals surface area (Å²) in [6.07, 6.45) is 7.04. The van der Waals surface area contributed by atoms with Crippen molar-refractivity contribution in [2.24, 2.45) is 0 Å². The van der Waals surface area contributed by atoms with E-state index in [1.165, 1.54) is 18.6 Å². The van der Waals surface area contributed by atoms with E-state index in [9.17, 15) is 4.79 Å². The van der Waals surface area contributed by atoms with Crippen LogP contribution in [0.25, 0.3) is 0 Å². The zero-order valence-electron chi connectivity index (χ0n) is 14.8. The summed E-state index contributed by atoms with van der Waals surface area (Å²) in [6, 6.07) is 11.6. The van der Waals surface area contributed by atoms with Crippen LogP contribution in [0.2, 0.25) is 0 Å². The number of hydrogen-bond acceptors (Lipinski definition) is 5. The number of amides is 1. The molecular weight excluding hydrogens is 343 g/mol. The molecule has 0 saturated heterocycles. The predicted molar refractivity (Wildman–Crippen MR) is 89.3 cm³/mol. The molecule has 0 aliphatic rings. The van der Waals surface area contributed by atoms with Crippen molar-refractivity contribution in [2.45, 2.75) is 26.2 Å². The SMILES string of the molecule is CC(C)(C)c1c[c-]no1.O=C(Nc1cc[c-]cc1)c1cnccn1.[K+]. The van der Waals surface area contributed by atoms with Crippen LogP contribution in [0.3, 0.4) is 0 Å². The molecule has 0 radical (unpaired) electrons. The molecule has 0 bridgehead atoms. The number of rotatable bonds is 2. The molecule has 3 aromatic rings. The first-order chi connectivity index (χ1) is 11.5. The Morgan fingerprint density at radius 3 is 2.40 bits per heavy atom. The maximum absolute atomic E-state index is 11.6. The van der Waals surface area contributed by atoms with E-state index in [1.807, 2.05) is 0 Å². The van der Waals surface area contributed by atoms with Gasteiger partial charge in [0.15, 0.2) is 0 Å². The Kier molecular flexibility index (Phi) is 9.16.